The summed E-state index contributed by atoms with van der Waals surface area (Å²) in [6, 6.07) is 10.4. The number of nitrogens with one attached hydrogen (secondary N) is 2. The molecule has 188 valence electrons. The minimum absolute atomic E-state index is 0.0331. The molecule has 36 heavy (non-hydrogen) atoms. The second kappa shape index (κ2) is 10.1. The molecule has 2 heterocycles. The van der Waals surface area contributed by atoms with Crippen molar-refractivity contribution in [2.24, 2.45) is 0 Å². The largest absolute Gasteiger partial charge is 0.450 e. The van der Waals surface area contributed by atoms with Crippen LogP contribution in [0.4, 0.5) is 34.5 Å². The van der Waals surface area contributed by atoms with Crippen LogP contribution in [0.3, 0.4) is 0 Å². The molecular weight excluding hydrogens is 479 g/mol. The zero-order chi connectivity index (χ0) is 25.9. The summed E-state index contributed by atoms with van der Waals surface area (Å²) < 4.78 is 52.0. The van der Waals surface area contributed by atoms with Crippen molar-refractivity contribution in [3.8, 4) is 0 Å². The number of benzene rings is 2. The van der Waals surface area contributed by atoms with Crippen LogP contribution in [0.2, 0.25) is 0 Å². The average molecular weight is 501 g/mol. The molecule has 2 amide bonds. The van der Waals surface area contributed by atoms with Crippen molar-refractivity contribution in [2.45, 2.75) is 26.6 Å². The first-order valence-corrected chi connectivity index (χ1v) is 11.0. The molecule has 0 saturated carbocycles. The summed E-state index contributed by atoms with van der Waals surface area (Å²) in [5.41, 5.74) is 0.374. The molecule has 2 aromatic heterocycles. The second-order valence-electron chi connectivity index (χ2n) is 7.58. The van der Waals surface area contributed by atoms with Gasteiger partial charge in [-0.25, -0.2) is 14.6 Å². The monoisotopic (exact) mass is 501 g/mol. The standard InChI is InChI=1S/C24H22F3N5O4/c1-3-35-22(33)30-20-19-15-11-12-32(13-14-7-5-6-8-16(14)24(25,26)27)18(15)10-9-17(19)28-21(29-20)31-23(34)36-4-2/h5-12H,3-4,13H2,1-2H3,(H2,28,29,30,31,33,34). The van der Waals surface area contributed by atoms with Crippen molar-refractivity contribution in [3.05, 3.63) is 59.8 Å². The maximum absolute atomic E-state index is 13.5. The molecule has 4 aromatic rings. The van der Waals surface area contributed by atoms with E-state index in [1.54, 1.807) is 48.9 Å². The Bertz CT molecular complexity index is 1430. The van der Waals surface area contributed by atoms with Gasteiger partial charge in [-0.05, 0) is 43.7 Å². The van der Waals surface area contributed by atoms with Gasteiger partial charge < -0.3 is 14.0 Å². The first-order chi connectivity index (χ1) is 17.2. The zero-order valence-corrected chi connectivity index (χ0v) is 19.3. The number of anilines is 2. The number of halogens is 3. The van der Waals surface area contributed by atoms with Crippen molar-refractivity contribution in [2.75, 3.05) is 23.8 Å². The summed E-state index contributed by atoms with van der Waals surface area (Å²) in [5.74, 6) is -0.0464. The number of alkyl halides is 3. The minimum atomic E-state index is -4.49. The lowest BCUT2D eigenvalue weighted by atomic mass is 10.1. The van der Waals surface area contributed by atoms with Gasteiger partial charge in [0.2, 0.25) is 5.95 Å². The van der Waals surface area contributed by atoms with Gasteiger partial charge in [0.05, 0.1) is 29.7 Å². The lowest BCUT2D eigenvalue weighted by Gasteiger charge is -2.14. The fraction of sp³-hybridized carbons (Fsp3) is 0.250. The van der Waals surface area contributed by atoms with Crippen molar-refractivity contribution >= 4 is 45.8 Å². The molecule has 2 aromatic carbocycles. The number of carbonyl (C=O) groups is 2. The van der Waals surface area contributed by atoms with E-state index in [1.807, 2.05) is 0 Å². The average Bonchev–Trinajstić information content (AvgIpc) is 3.21. The fourth-order valence-corrected chi connectivity index (χ4v) is 3.83. The van der Waals surface area contributed by atoms with Crippen LogP contribution >= 0.6 is 0 Å². The van der Waals surface area contributed by atoms with E-state index in [9.17, 15) is 22.8 Å². The Balaban J connectivity index is 1.82. The van der Waals surface area contributed by atoms with Crippen molar-refractivity contribution in [1.29, 1.82) is 0 Å². The van der Waals surface area contributed by atoms with Gasteiger partial charge >= 0.3 is 18.4 Å². The van der Waals surface area contributed by atoms with E-state index in [-0.39, 0.29) is 37.1 Å². The van der Waals surface area contributed by atoms with Gasteiger partial charge in [0.25, 0.3) is 0 Å². The number of ether oxygens (including phenoxy) is 2. The van der Waals surface area contributed by atoms with E-state index in [0.717, 1.165) is 6.07 Å². The number of hydrogen-bond acceptors (Lipinski definition) is 6. The van der Waals surface area contributed by atoms with Crippen LogP contribution in [0.5, 0.6) is 0 Å². The molecule has 0 bridgehead atoms. The summed E-state index contributed by atoms with van der Waals surface area (Å²) in [7, 11) is 0. The summed E-state index contributed by atoms with van der Waals surface area (Å²) in [4.78, 5) is 32.6. The van der Waals surface area contributed by atoms with Crippen LogP contribution in [-0.2, 0) is 22.2 Å². The minimum Gasteiger partial charge on any atom is -0.450 e. The van der Waals surface area contributed by atoms with Gasteiger partial charge in [-0.3, -0.25) is 10.6 Å². The van der Waals surface area contributed by atoms with Crippen LogP contribution in [0.1, 0.15) is 25.0 Å². The Morgan fingerprint density at radius 3 is 2.33 bits per heavy atom. The SMILES string of the molecule is CCOC(=O)Nc1nc(NC(=O)OCC)c2c(ccc3c2ccn3Cc2ccccc2C(F)(F)F)n1. The van der Waals surface area contributed by atoms with Crippen LogP contribution in [-0.4, -0.2) is 39.9 Å². The molecule has 0 spiro atoms. The topological polar surface area (TPSA) is 107 Å². The normalized spacial score (nSPS) is 11.5. The van der Waals surface area contributed by atoms with Crippen LogP contribution < -0.4 is 10.6 Å². The van der Waals surface area contributed by atoms with E-state index < -0.39 is 23.9 Å². The van der Waals surface area contributed by atoms with E-state index in [2.05, 4.69) is 20.6 Å². The number of carbonyl (C=O) groups excluding carboxylic acids is 2. The summed E-state index contributed by atoms with van der Waals surface area (Å²) in [6.07, 6.45) is -4.38. The smallest absolute Gasteiger partial charge is 0.416 e. The number of fused-ring (bicyclic) bond motifs is 3. The maximum Gasteiger partial charge on any atom is 0.416 e. The van der Waals surface area contributed by atoms with E-state index in [4.69, 9.17) is 9.47 Å². The van der Waals surface area contributed by atoms with Gasteiger partial charge in [0.1, 0.15) is 5.82 Å². The number of amides is 2. The lowest BCUT2D eigenvalue weighted by molar-refractivity contribution is -0.138. The van der Waals surface area contributed by atoms with Crippen LogP contribution in [0, 0.1) is 0 Å². The highest BCUT2D eigenvalue weighted by atomic mass is 19.4. The maximum atomic E-state index is 13.5. The summed E-state index contributed by atoms with van der Waals surface area (Å²) in [5, 5.41) is 5.97. The first kappa shape index (κ1) is 24.8. The molecule has 0 fully saturated rings. The van der Waals surface area contributed by atoms with Gasteiger partial charge in [0.15, 0.2) is 0 Å². The fourth-order valence-electron chi connectivity index (χ4n) is 3.83. The number of rotatable bonds is 6. The Kier molecular flexibility index (Phi) is 6.95. The van der Waals surface area contributed by atoms with E-state index >= 15 is 0 Å². The molecule has 0 aliphatic carbocycles. The Morgan fingerprint density at radius 2 is 1.64 bits per heavy atom. The van der Waals surface area contributed by atoms with Crippen LogP contribution in [0.15, 0.2) is 48.7 Å². The molecule has 0 radical (unpaired) electrons. The predicted octanol–water partition coefficient (Wildman–Crippen LogP) is 5.79. The molecule has 0 atom stereocenters. The molecule has 0 aliphatic rings. The van der Waals surface area contributed by atoms with Crippen molar-refractivity contribution < 1.29 is 32.2 Å². The summed E-state index contributed by atoms with van der Waals surface area (Å²) >= 11 is 0. The molecule has 0 aliphatic heterocycles. The van der Waals surface area contributed by atoms with E-state index in [1.165, 1.54) is 12.1 Å². The Hall–Kier alpha value is -4.35. The lowest BCUT2D eigenvalue weighted by Crippen LogP contribution is -2.18. The molecule has 0 saturated heterocycles. The molecule has 12 heteroatoms. The van der Waals surface area contributed by atoms with Crippen molar-refractivity contribution in [3.63, 3.8) is 0 Å². The first-order valence-electron chi connectivity index (χ1n) is 11.0. The highest BCUT2D eigenvalue weighted by molar-refractivity contribution is 6.13. The Morgan fingerprint density at radius 1 is 0.944 bits per heavy atom. The van der Waals surface area contributed by atoms with Gasteiger partial charge in [0, 0.05) is 23.6 Å². The molecule has 0 unspecified atom stereocenters. The zero-order valence-electron chi connectivity index (χ0n) is 19.3. The molecule has 4 rings (SSSR count). The third-order valence-corrected chi connectivity index (χ3v) is 5.26. The third-order valence-electron chi connectivity index (χ3n) is 5.26. The molecule has 9 nitrogen and oxygen atoms in total. The number of nitrogens with zero attached hydrogens (tertiary/aromatic N) is 3. The van der Waals surface area contributed by atoms with Crippen LogP contribution in [0.25, 0.3) is 21.8 Å². The van der Waals surface area contributed by atoms with Gasteiger partial charge in [-0.15, -0.1) is 0 Å². The van der Waals surface area contributed by atoms with E-state index in [0.29, 0.717) is 21.8 Å². The van der Waals surface area contributed by atoms with Gasteiger partial charge in [-0.1, -0.05) is 18.2 Å². The quantitative estimate of drug-likeness (QED) is 0.346. The Labute approximate surface area is 203 Å². The molecular formula is C24H22F3N5O4. The number of hydrogen-bond donors (Lipinski definition) is 2. The van der Waals surface area contributed by atoms with Gasteiger partial charge in [-0.2, -0.15) is 18.2 Å². The second-order valence-corrected chi connectivity index (χ2v) is 7.58. The highest BCUT2D eigenvalue weighted by Gasteiger charge is 2.33. The predicted molar refractivity (Wildman–Crippen MR) is 127 cm³/mol. The summed E-state index contributed by atoms with van der Waals surface area (Å²) in [6.45, 7) is 3.51. The molecule has 2 N–H and O–H groups in total. The highest BCUT2D eigenvalue weighted by Crippen LogP contribution is 2.34. The van der Waals surface area contributed by atoms with Crippen molar-refractivity contribution in [1.82, 2.24) is 14.5 Å². The number of aromatic nitrogens is 3. The third kappa shape index (κ3) is 5.16.